The maximum Gasteiger partial charge on any atom is 0.306 e. The molecule has 2 aliphatic carbocycles. The molecule has 8 unspecified atom stereocenters. The van der Waals surface area contributed by atoms with Crippen molar-refractivity contribution in [2.24, 2.45) is 16.7 Å². The number of aliphatic hydroxyl groups is 3. The van der Waals surface area contributed by atoms with Gasteiger partial charge in [-0.3, -0.25) is 14.4 Å². The Morgan fingerprint density at radius 3 is 2.33 bits per heavy atom. The first-order chi connectivity index (χ1) is 15.0. The van der Waals surface area contributed by atoms with Crippen molar-refractivity contribution < 1.29 is 44.3 Å². The fourth-order valence-corrected chi connectivity index (χ4v) is 6.89. The largest absolute Gasteiger partial charge is 0.481 e. The van der Waals surface area contributed by atoms with Crippen molar-refractivity contribution in [1.82, 2.24) is 0 Å². The normalized spacial score (nSPS) is 46.6. The van der Waals surface area contributed by atoms with Gasteiger partial charge in [0.2, 0.25) is 0 Å². The molecule has 1 saturated heterocycles. The zero-order valence-corrected chi connectivity index (χ0v) is 20.0. The van der Waals surface area contributed by atoms with Crippen molar-refractivity contribution in [3.63, 3.8) is 0 Å². The molecule has 9 heteroatoms. The number of ketones is 1. The molecular weight excluding hydrogens is 432 g/mol. The van der Waals surface area contributed by atoms with Gasteiger partial charge in [-0.25, -0.2) is 0 Å². The van der Waals surface area contributed by atoms with E-state index in [0.29, 0.717) is 12.8 Å². The summed E-state index contributed by atoms with van der Waals surface area (Å²) in [5, 5.41) is 44.0. The lowest BCUT2D eigenvalue weighted by Crippen LogP contribution is -2.86. The number of ether oxygens (including phenoxy) is 2. The Bertz CT molecular complexity index is 868. The van der Waals surface area contributed by atoms with E-state index in [1.54, 1.807) is 13.8 Å². The molecule has 0 radical (unpaired) electrons. The molecule has 0 aromatic carbocycles. The van der Waals surface area contributed by atoms with Gasteiger partial charge in [0, 0.05) is 17.8 Å². The lowest BCUT2D eigenvalue weighted by Gasteiger charge is -2.71. The Kier molecular flexibility index (Phi) is 6.15. The third-order valence-corrected chi connectivity index (χ3v) is 8.53. The van der Waals surface area contributed by atoms with Crippen molar-refractivity contribution in [2.45, 2.75) is 102 Å². The number of carbonyl (C=O) groups excluding carboxylic acids is 2. The van der Waals surface area contributed by atoms with Crippen LogP contribution in [0.2, 0.25) is 0 Å². The minimum absolute atomic E-state index is 0.214. The summed E-state index contributed by atoms with van der Waals surface area (Å²) in [5.74, 6) is -3.51. The maximum atomic E-state index is 13.7. The van der Waals surface area contributed by atoms with E-state index in [4.69, 9.17) is 14.6 Å². The van der Waals surface area contributed by atoms with Crippen LogP contribution in [-0.4, -0.2) is 73.3 Å². The summed E-state index contributed by atoms with van der Waals surface area (Å²) in [6, 6.07) is 0. The lowest BCUT2D eigenvalue weighted by molar-refractivity contribution is -0.370. The molecule has 0 amide bonds. The lowest BCUT2D eigenvalue weighted by atomic mass is 9.40. The summed E-state index contributed by atoms with van der Waals surface area (Å²) < 4.78 is 11.9. The van der Waals surface area contributed by atoms with E-state index in [0.717, 1.165) is 0 Å². The first-order valence-corrected chi connectivity index (χ1v) is 11.4. The van der Waals surface area contributed by atoms with Crippen molar-refractivity contribution in [2.75, 3.05) is 0 Å². The molecule has 0 spiro atoms. The van der Waals surface area contributed by atoms with Crippen LogP contribution < -0.4 is 0 Å². The van der Waals surface area contributed by atoms with Crippen LogP contribution in [-0.2, 0) is 23.9 Å². The number of aliphatic carboxylic acids is 1. The summed E-state index contributed by atoms with van der Waals surface area (Å²) in [6.07, 6.45) is -2.93. The molecule has 33 heavy (non-hydrogen) atoms. The fourth-order valence-electron chi connectivity index (χ4n) is 6.89. The highest BCUT2D eigenvalue weighted by Crippen LogP contribution is 2.67. The molecule has 4 N–H and O–H groups in total. The van der Waals surface area contributed by atoms with Gasteiger partial charge in [0.05, 0.1) is 30.7 Å². The predicted molar refractivity (Wildman–Crippen MR) is 116 cm³/mol. The molecule has 1 heterocycles. The standard InChI is InChI=1S/C24H36O9/c1-7-21(4)12-14(26)24(31)22(5)13(25)10-11-20(2,3)18(22)17(30)19(23(24,6)33-21)32-16(29)9-8-15(27)28/h7,13,17-19,25,30-31H,1,8-12H2,2-6H3,(H,27,28). The SMILES string of the molecule is C=CC1(C)CC(=O)C2(O)C(C)(O1)C(OC(=O)CCC(=O)O)C(O)C1C(C)(C)CCC(O)C12C. The highest BCUT2D eigenvalue weighted by Gasteiger charge is 2.81. The topological polar surface area (TPSA) is 151 Å². The number of rotatable bonds is 5. The first-order valence-electron chi connectivity index (χ1n) is 11.4. The number of hydrogen-bond acceptors (Lipinski definition) is 8. The third-order valence-electron chi connectivity index (χ3n) is 8.53. The Morgan fingerprint density at radius 2 is 1.79 bits per heavy atom. The summed E-state index contributed by atoms with van der Waals surface area (Å²) >= 11 is 0. The minimum Gasteiger partial charge on any atom is -0.481 e. The number of hydrogen-bond donors (Lipinski definition) is 4. The number of aliphatic hydroxyl groups excluding tert-OH is 2. The number of carboxylic acids is 1. The molecule has 3 fully saturated rings. The number of carbonyl (C=O) groups is 3. The molecule has 3 rings (SSSR count). The zero-order chi connectivity index (χ0) is 25.2. The number of Topliss-reactive ketones (excluding diaryl/α,β-unsaturated/α-hetero) is 1. The fraction of sp³-hybridized carbons (Fsp3) is 0.792. The molecule has 8 atom stereocenters. The zero-order valence-electron chi connectivity index (χ0n) is 20.0. The van der Waals surface area contributed by atoms with Crippen LogP contribution in [0.5, 0.6) is 0 Å². The van der Waals surface area contributed by atoms with Crippen LogP contribution in [0.3, 0.4) is 0 Å². The minimum atomic E-state index is -2.30. The Balaban J connectivity index is 2.21. The van der Waals surface area contributed by atoms with Crippen molar-refractivity contribution in [3.8, 4) is 0 Å². The van der Waals surface area contributed by atoms with Crippen LogP contribution in [0.25, 0.3) is 0 Å². The van der Waals surface area contributed by atoms with Crippen molar-refractivity contribution in [1.29, 1.82) is 0 Å². The average molecular weight is 469 g/mol. The molecule has 9 nitrogen and oxygen atoms in total. The van der Waals surface area contributed by atoms with E-state index in [-0.39, 0.29) is 6.42 Å². The highest BCUT2D eigenvalue weighted by molar-refractivity contribution is 5.92. The first kappa shape index (κ1) is 25.8. The summed E-state index contributed by atoms with van der Waals surface area (Å²) in [5.41, 5.74) is -7.60. The van der Waals surface area contributed by atoms with Gasteiger partial charge in [-0.05, 0) is 32.1 Å². The molecule has 0 aromatic rings. The third kappa shape index (κ3) is 3.47. The second kappa shape index (κ2) is 7.86. The Morgan fingerprint density at radius 1 is 1.18 bits per heavy atom. The summed E-state index contributed by atoms with van der Waals surface area (Å²) in [4.78, 5) is 37.2. The van der Waals surface area contributed by atoms with E-state index in [2.05, 4.69) is 6.58 Å². The maximum absolute atomic E-state index is 13.7. The number of esters is 1. The van der Waals surface area contributed by atoms with Crippen LogP contribution in [0.1, 0.15) is 66.7 Å². The van der Waals surface area contributed by atoms with Gasteiger partial charge in [-0.2, -0.15) is 0 Å². The molecule has 2 saturated carbocycles. The molecule has 0 bridgehead atoms. The van der Waals surface area contributed by atoms with Gasteiger partial charge in [-0.1, -0.05) is 26.8 Å². The van der Waals surface area contributed by atoms with Gasteiger partial charge in [0.1, 0.15) is 5.60 Å². The monoisotopic (exact) mass is 468 g/mol. The molecule has 1 aliphatic heterocycles. The molecule has 3 aliphatic rings. The van der Waals surface area contributed by atoms with Crippen molar-refractivity contribution in [3.05, 3.63) is 12.7 Å². The molecule has 186 valence electrons. The van der Waals surface area contributed by atoms with Crippen LogP contribution in [0.4, 0.5) is 0 Å². The van der Waals surface area contributed by atoms with E-state index in [1.165, 1.54) is 13.0 Å². The van der Waals surface area contributed by atoms with Gasteiger partial charge >= 0.3 is 11.9 Å². The molecular formula is C24H36O9. The van der Waals surface area contributed by atoms with Gasteiger partial charge < -0.3 is 29.9 Å². The van der Waals surface area contributed by atoms with E-state index in [9.17, 15) is 29.7 Å². The van der Waals surface area contributed by atoms with Crippen LogP contribution >= 0.6 is 0 Å². The smallest absolute Gasteiger partial charge is 0.306 e. The average Bonchev–Trinajstić information content (AvgIpc) is 2.70. The van der Waals surface area contributed by atoms with E-state index >= 15 is 0 Å². The highest BCUT2D eigenvalue weighted by atomic mass is 16.6. The Labute approximate surface area is 193 Å². The van der Waals surface area contributed by atoms with Gasteiger partial charge in [-0.15, -0.1) is 6.58 Å². The van der Waals surface area contributed by atoms with Gasteiger partial charge in [0.15, 0.2) is 17.5 Å². The number of fused-ring (bicyclic) bond motifs is 3. The second-order valence-electron chi connectivity index (χ2n) is 11.1. The quantitative estimate of drug-likeness (QED) is 0.346. The van der Waals surface area contributed by atoms with Gasteiger partial charge in [0.25, 0.3) is 0 Å². The van der Waals surface area contributed by atoms with Crippen LogP contribution in [0.15, 0.2) is 12.7 Å². The Hall–Kier alpha value is -1.81. The van der Waals surface area contributed by atoms with E-state index < -0.39 is 82.4 Å². The van der Waals surface area contributed by atoms with Crippen LogP contribution in [0, 0.1) is 16.7 Å². The van der Waals surface area contributed by atoms with Crippen molar-refractivity contribution >= 4 is 17.7 Å². The summed E-state index contributed by atoms with van der Waals surface area (Å²) in [6.45, 7) is 12.1. The second-order valence-corrected chi connectivity index (χ2v) is 11.1. The predicted octanol–water partition coefficient (Wildman–Crippen LogP) is 1.36. The molecule has 0 aromatic heterocycles. The van der Waals surface area contributed by atoms with E-state index in [1.807, 2.05) is 13.8 Å². The number of carboxylic acid groups (broad SMARTS) is 1. The summed E-state index contributed by atoms with van der Waals surface area (Å²) in [7, 11) is 0.